The molecule has 0 aliphatic rings. The average molecular weight is 216 g/mol. The number of rotatable bonds is 5. The van der Waals surface area contributed by atoms with Crippen molar-refractivity contribution in [3.8, 4) is 0 Å². The highest BCUT2D eigenvalue weighted by atomic mass is 32.1. The largest absolute Gasteiger partial charge is 0.390 e. The Morgan fingerprint density at radius 3 is 2.43 bits per heavy atom. The van der Waals surface area contributed by atoms with Crippen molar-refractivity contribution in [3.63, 3.8) is 0 Å². The average Bonchev–Trinajstić information content (AvgIpc) is 2.61. The zero-order valence-corrected chi connectivity index (χ0v) is 9.47. The van der Waals surface area contributed by atoms with Crippen LogP contribution in [-0.2, 0) is 6.54 Å². The molecule has 14 heavy (non-hydrogen) atoms. The van der Waals surface area contributed by atoms with Gasteiger partial charge in [0.1, 0.15) is 12.1 Å². The zero-order chi connectivity index (χ0) is 10.6. The molecule has 0 unspecified atom stereocenters. The zero-order valence-electron chi connectivity index (χ0n) is 8.66. The number of aliphatic hydroxyl groups is 2. The maximum atomic E-state index is 9.08. The van der Waals surface area contributed by atoms with E-state index < -0.39 is 5.54 Å². The summed E-state index contributed by atoms with van der Waals surface area (Å²) in [5, 5.41) is 20.1. The summed E-state index contributed by atoms with van der Waals surface area (Å²) in [5.74, 6) is 0. The molecule has 0 spiro atoms. The maximum Gasteiger partial charge on any atom is 0.140 e. The smallest absolute Gasteiger partial charge is 0.140 e. The first-order chi connectivity index (χ1) is 6.59. The van der Waals surface area contributed by atoms with E-state index in [0.717, 1.165) is 6.54 Å². The number of hydrogen-bond acceptors (Lipinski definition) is 3. The van der Waals surface area contributed by atoms with Gasteiger partial charge in [0.25, 0.3) is 0 Å². The van der Waals surface area contributed by atoms with Crippen molar-refractivity contribution in [3.05, 3.63) is 21.9 Å². The topological polar surface area (TPSA) is 57.1 Å². The highest BCUT2D eigenvalue weighted by molar-refractivity contribution is 7.11. The van der Waals surface area contributed by atoms with Crippen LogP contribution in [0.4, 0.5) is 0 Å². The molecule has 0 saturated carbocycles. The quantitative estimate of drug-likeness (QED) is 0.642. The molecule has 1 aromatic rings. The lowest BCUT2D eigenvalue weighted by Crippen LogP contribution is -2.97. The van der Waals surface area contributed by atoms with Crippen LogP contribution in [0, 0.1) is 6.92 Å². The summed E-state index contributed by atoms with van der Waals surface area (Å²) in [4.78, 5) is 2.57. The van der Waals surface area contributed by atoms with Crippen LogP contribution in [0.5, 0.6) is 0 Å². The van der Waals surface area contributed by atoms with E-state index in [-0.39, 0.29) is 13.2 Å². The number of hydrogen-bond donors (Lipinski definition) is 3. The second-order valence-electron chi connectivity index (χ2n) is 3.89. The Morgan fingerprint density at radius 1 is 1.36 bits per heavy atom. The second kappa shape index (κ2) is 4.89. The summed E-state index contributed by atoms with van der Waals surface area (Å²) >= 11 is 1.75. The third kappa shape index (κ3) is 3.06. The van der Waals surface area contributed by atoms with Gasteiger partial charge in [-0.15, -0.1) is 11.3 Å². The Hall–Kier alpha value is -0.420. The molecule has 4 heteroatoms. The van der Waals surface area contributed by atoms with Gasteiger partial charge in [-0.1, -0.05) is 0 Å². The molecule has 1 aromatic heterocycles. The van der Waals surface area contributed by atoms with E-state index in [1.807, 2.05) is 12.2 Å². The molecule has 0 aromatic carbocycles. The van der Waals surface area contributed by atoms with Gasteiger partial charge >= 0.3 is 0 Å². The molecule has 0 bridgehead atoms. The standard InChI is InChI=1S/C10H17NO2S/c1-8-3-4-9(14-8)5-11-10(2,6-12)7-13/h3-4,11-13H,5-7H2,1-2H3/p+1. The van der Waals surface area contributed by atoms with Crippen LogP contribution in [-0.4, -0.2) is 29.0 Å². The molecule has 0 amide bonds. The molecule has 0 fully saturated rings. The molecule has 3 nitrogen and oxygen atoms in total. The van der Waals surface area contributed by atoms with E-state index in [1.165, 1.54) is 9.75 Å². The van der Waals surface area contributed by atoms with Gasteiger partial charge < -0.3 is 15.5 Å². The molecular formula is C10H18NO2S+. The van der Waals surface area contributed by atoms with Crippen LogP contribution in [0.3, 0.4) is 0 Å². The summed E-state index contributed by atoms with van der Waals surface area (Å²) in [6.07, 6.45) is 0. The fourth-order valence-electron chi connectivity index (χ4n) is 1.12. The minimum Gasteiger partial charge on any atom is -0.390 e. The SMILES string of the molecule is Cc1ccc(C[NH2+]C(C)(CO)CO)s1. The van der Waals surface area contributed by atoms with Crippen LogP contribution in [0.2, 0.25) is 0 Å². The van der Waals surface area contributed by atoms with Crippen molar-refractivity contribution in [2.45, 2.75) is 25.9 Å². The Labute approximate surface area is 88.4 Å². The number of thiophene rings is 1. The fraction of sp³-hybridized carbons (Fsp3) is 0.600. The molecule has 4 N–H and O–H groups in total. The van der Waals surface area contributed by atoms with Crippen LogP contribution in [0.25, 0.3) is 0 Å². The predicted octanol–water partition coefficient (Wildman–Crippen LogP) is -0.137. The summed E-state index contributed by atoms with van der Waals surface area (Å²) in [6.45, 7) is 4.73. The normalized spacial score (nSPS) is 12.0. The van der Waals surface area contributed by atoms with E-state index in [1.54, 1.807) is 11.3 Å². The van der Waals surface area contributed by atoms with Gasteiger partial charge in [0.05, 0.1) is 18.1 Å². The summed E-state index contributed by atoms with van der Waals surface area (Å²) < 4.78 is 0. The molecule has 0 atom stereocenters. The van der Waals surface area contributed by atoms with Gasteiger partial charge in [0, 0.05) is 4.88 Å². The second-order valence-corrected chi connectivity index (χ2v) is 5.26. The fourth-order valence-corrected chi connectivity index (χ4v) is 1.97. The third-order valence-electron chi connectivity index (χ3n) is 2.31. The predicted molar refractivity (Wildman–Crippen MR) is 57.3 cm³/mol. The Kier molecular flexibility index (Phi) is 4.07. The molecule has 80 valence electrons. The van der Waals surface area contributed by atoms with E-state index >= 15 is 0 Å². The monoisotopic (exact) mass is 216 g/mol. The Bertz CT molecular complexity index is 281. The van der Waals surface area contributed by atoms with Crippen LogP contribution in [0.1, 0.15) is 16.7 Å². The van der Waals surface area contributed by atoms with E-state index in [9.17, 15) is 0 Å². The van der Waals surface area contributed by atoms with Crippen molar-refractivity contribution < 1.29 is 15.5 Å². The first kappa shape index (κ1) is 11.7. The van der Waals surface area contributed by atoms with Crippen LogP contribution >= 0.6 is 11.3 Å². The minimum atomic E-state index is -0.460. The third-order valence-corrected chi connectivity index (χ3v) is 3.34. The van der Waals surface area contributed by atoms with Crippen molar-refractivity contribution in [2.75, 3.05) is 13.2 Å². The van der Waals surface area contributed by atoms with Gasteiger partial charge in [-0.2, -0.15) is 0 Å². The lowest BCUT2D eigenvalue weighted by Gasteiger charge is -2.22. The maximum absolute atomic E-state index is 9.08. The first-order valence-electron chi connectivity index (χ1n) is 4.71. The molecule has 1 rings (SSSR count). The molecule has 1 heterocycles. The summed E-state index contributed by atoms with van der Waals surface area (Å²) in [6, 6.07) is 4.18. The van der Waals surface area contributed by atoms with Crippen molar-refractivity contribution in [2.24, 2.45) is 0 Å². The highest BCUT2D eigenvalue weighted by Gasteiger charge is 2.25. The van der Waals surface area contributed by atoms with Crippen molar-refractivity contribution in [1.29, 1.82) is 0 Å². The molecule has 0 radical (unpaired) electrons. The number of nitrogens with two attached hydrogens (primary N) is 1. The lowest BCUT2D eigenvalue weighted by molar-refractivity contribution is -0.741. The summed E-state index contributed by atoms with van der Waals surface area (Å²) in [5.41, 5.74) is -0.460. The molecular weight excluding hydrogens is 198 g/mol. The highest BCUT2D eigenvalue weighted by Crippen LogP contribution is 2.13. The summed E-state index contributed by atoms with van der Waals surface area (Å²) in [7, 11) is 0. The van der Waals surface area contributed by atoms with E-state index in [2.05, 4.69) is 19.1 Å². The van der Waals surface area contributed by atoms with Crippen LogP contribution in [0.15, 0.2) is 12.1 Å². The number of quaternary nitrogens is 1. The van der Waals surface area contributed by atoms with Crippen molar-refractivity contribution in [1.82, 2.24) is 0 Å². The Balaban J connectivity index is 2.47. The van der Waals surface area contributed by atoms with Gasteiger partial charge in [0.15, 0.2) is 0 Å². The van der Waals surface area contributed by atoms with E-state index in [0.29, 0.717) is 0 Å². The van der Waals surface area contributed by atoms with Crippen molar-refractivity contribution >= 4 is 11.3 Å². The van der Waals surface area contributed by atoms with Crippen LogP contribution < -0.4 is 5.32 Å². The van der Waals surface area contributed by atoms with Gasteiger partial charge in [-0.25, -0.2) is 0 Å². The Morgan fingerprint density at radius 2 is 2.00 bits per heavy atom. The number of aliphatic hydroxyl groups excluding tert-OH is 2. The molecule has 0 aliphatic heterocycles. The van der Waals surface area contributed by atoms with E-state index in [4.69, 9.17) is 10.2 Å². The molecule has 0 saturated heterocycles. The molecule has 0 aliphatic carbocycles. The van der Waals surface area contributed by atoms with Gasteiger partial charge in [-0.3, -0.25) is 0 Å². The van der Waals surface area contributed by atoms with Gasteiger partial charge in [-0.05, 0) is 26.0 Å². The minimum absolute atomic E-state index is 0.00609. The van der Waals surface area contributed by atoms with Gasteiger partial charge in [0.2, 0.25) is 0 Å². The first-order valence-corrected chi connectivity index (χ1v) is 5.53. The number of aryl methyl sites for hydroxylation is 1. The lowest BCUT2D eigenvalue weighted by atomic mass is 10.1.